The number of methoxy groups -OCH3 is 1. The van der Waals surface area contributed by atoms with Crippen LogP contribution in [-0.2, 0) is 11.8 Å². The molecule has 10 nitrogen and oxygen atoms in total. The van der Waals surface area contributed by atoms with E-state index in [1.54, 1.807) is 25.0 Å². The van der Waals surface area contributed by atoms with Crippen LogP contribution in [0.1, 0.15) is 18.0 Å². The van der Waals surface area contributed by atoms with Crippen molar-refractivity contribution in [2.24, 2.45) is 12.1 Å². The molecule has 13 heteroatoms. The fourth-order valence-electron chi connectivity index (χ4n) is 4.43. The number of hydrogen-bond acceptors (Lipinski definition) is 7. The summed E-state index contributed by atoms with van der Waals surface area (Å²) >= 11 is 0. The molecule has 0 unspecified atom stereocenters. The molecule has 1 aromatic carbocycles. The van der Waals surface area contributed by atoms with Gasteiger partial charge >= 0.3 is 6.03 Å². The number of nitrogens with one attached hydrogen (secondary N) is 1. The molecule has 2 aliphatic rings. The molecular formula is C25H26F3N7O3. The van der Waals surface area contributed by atoms with Crippen LogP contribution in [0.25, 0.3) is 11.4 Å². The van der Waals surface area contributed by atoms with Gasteiger partial charge in [-0.15, -0.1) is 0 Å². The molecule has 3 aromatic rings. The van der Waals surface area contributed by atoms with Crippen molar-refractivity contribution in [1.82, 2.24) is 24.7 Å². The van der Waals surface area contributed by atoms with Gasteiger partial charge in [0.1, 0.15) is 23.4 Å². The van der Waals surface area contributed by atoms with E-state index < -0.39 is 35.6 Å². The van der Waals surface area contributed by atoms with Crippen LogP contribution in [0.15, 0.2) is 41.8 Å². The molecule has 1 saturated heterocycles. The number of halogens is 3. The largest absolute Gasteiger partial charge is 0.483 e. The first-order valence-electron chi connectivity index (χ1n) is 12.0. The molecule has 38 heavy (non-hydrogen) atoms. The number of carbonyl (C=O) groups is 1. The Morgan fingerprint density at radius 2 is 1.89 bits per heavy atom. The van der Waals surface area contributed by atoms with Crippen molar-refractivity contribution in [3.05, 3.63) is 59.7 Å². The van der Waals surface area contributed by atoms with Crippen LogP contribution in [0.5, 0.6) is 5.75 Å². The zero-order valence-electron chi connectivity index (χ0n) is 20.8. The normalized spacial score (nSPS) is 17.1. The highest BCUT2D eigenvalue weighted by Gasteiger charge is 2.39. The van der Waals surface area contributed by atoms with Gasteiger partial charge in [-0.2, -0.15) is 10.2 Å². The van der Waals surface area contributed by atoms with Gasteiger partial charge in [-0.1, -0.05) is 0 Å². The van der Waals surface area contributed by atoms with Crippen molar-refractivity contribution in [2.75, 3.05) is 38.7 Å². The zero-order valence-corrected chi connectivity index (χ0v) is 20.8. The molecule has 1 atom stereocenters. The molecule has 5 rings (SSSR count). The van der Waals surface area contributed by atoms with E-state index in [0.29, 0.717) is 42.2 Å². The monoisotopic (exact) mass is 529 g/mol. The van der Waals surface area contributed by atoms with Crippen molar-refractivity contribution < 1.29 is 27.4 Å². The molecule has 0 bridgehead atoms. The number of benzene rings is 1. The molecule has 1 fully saturated rings. The van der Waals surface area contributed by atoms with Gasteiger partial charge in [0.2, 0.25) is 0 Å². The molecule has 1 N–H and O–H groups in total. The van der Waals surface area contributed by atoms with Crippen molar-refractivity contribution >= 4 is 17.9 Å². The highest BCUT2D eigenvalue weighted by Crippen LogP contribution is 2.33. The lowest BCUT2D eigenvalue weighted by Gasteiger charge is -2.41. The van der Waals surface area contributed by atoms with E-state index in [1.165, 1.54) is 34.3 Å². The van der Waals surface area contributed by atoms with E-state index >= 15 is 0 Å². The van der Waals surface area contributed by atoms with Crippen molar-refractivity contribution in [3.8, 4) is 17.1 Å². The Morgan fingerprint density at radius 1 is 1.13 bits per heavy atom. The maximum absolute atomic E-state index is 14.6. The smallest absolute Gasteiger partial charge is 0.341 e. The number of amides is 2. The first-order valence-corrected chi connectivity index (χ1v) is 12.0. The number of likely N-dealkylation sites (tertiary alicyclic amines) is 1. The number of rotatable bonds is 8. The highest BCUT2D eigenvalue weighted by atomic mass is 19.1. The lowest BCUT2D eigenvalue weighted by atomic mass is 10.0. The minimum Gasteiger partial charge on any atom is -0.483 e. The number of carbonyl (C=O) groups excluding carboxylic acids is 1. The third kappa shape index (κ3) is 5.14. The number of urea groups is 1. The van der Waals surface area contributed by atoms with E-state index in [2.05, 4.69) is 20.5 Å². The predicted octanol–water partition coefficient (Wildman–Crippen LogP) is 3.57. The van der Waals surface area contributed by atoms with Crippen LogP contribution in [-0.4, -0.2) is 76.4 Å². The summed E-state index contributed by atoms with van der Waals surface area (Å²) in [6, 6.07) is 3.62. The molecule has 0 saturated carbocycles. The molecule has 2 aliphatic heterocycles. The Balaban J connectivity index is 1.24. The zero-order chi connectivity index (χ0) is 26.8. The average molecular weight is 530 g/mol. The lowest BCUT2D eigenvalue weighted by Crippen LogP contribution is -2.58. The number of anilines is 1. The van der Waals surface area contributed by atoms with E-state index in [9.17, 15) is 18.0 Å². The molecule has 200 valence electrons. The number of nitrogens with zero attached hydrogens (tertiary/aromatic N) is 6. The third-order valence-electron chi connectivity index (χ3n) is 6.33. The molecule has 4 heterocycles. The van der Waals surface area contributed by atoms with Crippen LogP contribution >= 0.6 is 0 Å². The molecule has 2 aromatic heterocycles. The van der Waals surface area contributed by atoms with Crippen molar-refractivity contribution in [3.63, 3.8) is 0 Å². The van der Waals surface area contributed by atoms with Gasteiger partial charge in [0.25, 0.3) is 0 Å². The maximum atomic E-state index is 14.6. The predicted molar refractivity (Wildman–Crippen MR) is 132 cm³/mol. The first-order chi connectivity index (χ1) is 18.3. The number of pyridine rings is 1. The van der Waals surface area contributed by atoms with Gasteiger partial charge in [0.05, 0.1) is 49.5 Å². The SMILES string of the molecule is COCCNc1cnn(C)c1-c1cc(OC2CN(C(=O)N3N=CC[C@H]3c3cc(F)cc(F)c3)C2)c(F)cn1. The summed E-state index contributed by atoms with van der Waals surface area (Å²) in [4.78, 5) is 18.7. The van der Waals surface area contributed by atoms with E-state index in [0.717, 1.165) is 12.3 Å². The Kier molecular flexibility index (Phi) is 7.18. The van der Waals surface area contributed by atoms with Gasteiger partial charge in [0.15, 0.2) is 11.6 Å². The fraction of sp³-hybridized carbons (Fsp3) is 0.360. The molecule has 0 aliphatic carbocycles. The van der Waals surface area contributed by atoms with Crippen LogP contribution in [0.3, 0.4) is 0 Å². The summed E-state index contributed by atoms with van der Waals surface area (Å²) in [6.07, 6.45) is 4.15. The van der Waals surface area contributed by atoms with Crippen molar-refractivity contribution in [1.29, 1.82) is 0 Å². The molecule has 2 amide bonds. The number of hydrogen-bond donors (Lipinski definition) is 1. The number of ether oxygens (including phenoxy) is 2. The van der Waals surface area contributed by atoms with Crippen LogP contribution < -0.4 is 10.1 Å². The Bertz CT molecular complexity index is 1340. The van der Waals surface area contributed by atoms with Crippen LogP contribution in [0.2, 0.25) is 0 Å². The van der Waals surface area contributed by atoms with Gasteiger partial charge in [0, 0.05) is 45.5 Å². The van der Waals surface area contributed by atoms with Gasteiger partial charge < -0.3 is 19.7 Å². The van der Waals surface area contributed by atoms with Gasteiger partial charge in [-0.05, 0) is 17.7 Å². The minimum absolute atomic E-state index is 0.00319. The maximum Gasteiger partial charge on any atom is 0.341 e. The summed E-state index contributed by atoms with van der Waals surface area (Å²) in [5.41, 5.74) is 2.15. The van der Waals surface area contributed by atoms with Crippen LogP contribution in [0, 0.1) is 17.5 Å². The molecule has 0 radical (unpaired) electrons. The minimum atomic E-state index is -0.723. The van der Waals surface area contributed by atoms with Crippen LogP contribution in [0.4, 0.5) is 23.7 Å². The molecule has 0 spiro atoms. The lowest BCUT2D eigenvalue weighted by molar-refractivity contribution is 0.0256. The second-order valence-electron chi connectivity index (χ2n) is 8.97. The highest BCUT2D eigenvalue weighted by molar-refractivity contribution is 5.79. The summed E-state index contributed by atoms with van der Waals surface area (Å²) in [7, 11) is 3.36. The van der Waals surface area contributed by atoms with E-state index in [-0.39, 0.29) is 18.8 Å². The summed E-state index contributed by atoms with van der Waals surface area (Å²) in [5.74, 6) is -2.07. The van der Waals surface area contributed by atoms with Gasteiger partial charge in [-0.3, -0.25) is 9.67 Å². The van der Waals surface area contributed by atoms with Gasteiger partial charge in [-0.25, -0.2) is 23.0 Å². The topological polar surface area (TPSA) is 97.1 Å². The summed E-state index contributed by atoms with van der Waals surface area (Å²) < 4.78 is 54.5. The Labute approximate surface area is 216 Å². The molecular weight excluding hydrogens is 503 g/mol. The summed E-state index contributed by atoms with van der Waals surface area (Å²) in [6.45, 7) is 1.45. The van der Waals surface area contributed by atoms with E-state index in [4.69, 9.17) is 9.47 Å². The quantitative estimate of drug-likeness (QED) is 0.448. The Hall–Kier alpha value is -4.13. The number of aryl methyl sites for hydroxylation is 1. The average Bonchev–Trinajstić information content (AvgIpc) is 3.49. The fourth-order valence-corrected chi connectivity index (χ4v) is 4.43. The third-order valence-corrected chi connectivity index (χ3v) is 6.33. The summed E-state index contributed by atoms with van der Waals surface area (Å²) in [5, 5.41) is 12.8. The second-order valence-corrected chi connectivity index (χ2v) is 8.97. The number of hydrazone groups is 1. The standard InChI is InChI=1S/C25H26F3N7O3/c1-33-24(21(12-32-33)29-5-6-37-2)20-10-23(19(28)11-30-20)38-18-13-34(14-18)25(36)35-22(3-4-31-35)15-7-16(26)9-17(27)8-15/h4,7-12,18,22,29H,3,5-6,13-14H2,1-2H3/t22-/m0/s1. The first kappa shape index (κ1) is 25.5. The Morgan fingerprint density at radius 3 is 2.63 bits per heavy atom. The van der Waals surface area contributed by atoms with E-state index in [1.807, 2.05) is 0 Å². The number of aromatic nitrogens is 3. The van der Waals surface area contributed by atoms with Crippen molar-refractivity contribution in [2.45, 2.75) is 18.6 Å². The second kappa shape index (κ2) is 10.7.